The molecule has 4 heterocycles. The van der Waals surface area contributed by atoms with Crippen LogP contribution in [0.1, 0.15) is 38.8 Å². The topological polar surface area (TPSA) is 6.48 Å². The summed E-state index contributed by atoms with van der Waals surface area (Å²) >= 11 is 0. The number of hydrogen-bond donors (Lipinski definition) is 0. The van der Waals surface area contributed by atoms with E-state index in [1.807, 2.05) is 0 Å². The molecule has 0 saturated heterocycles. The minimum absolute atomic E-state index is 0.135. The maximum atomic E-state index is 2.56. The first-order valence-electron chi connectivity index (χ1n) is 13.2. The molecule has 0 fully saturated rings. The van der Waals surface area contributed by atoms with Crippen molar-refractivity contribution in [3.63, 3.8) is 0 Å². The summed E-state index contributed by atoms with van der Waals surface area (Å²) in [6.07, 6.45) is 14.0. The smallest absolute Gasteiger partial charge is 0.329 e. The lowest BCUT2D eigenvalue weighted by molar-refractivity contribution is 0.327. The summed E-state index contributed by atoms with van der Waals surface area (Å²) in [4.78, 5) is 5.11. The van der Waals surface area contributed by atoms with Gasteiger partial charge in [0.2, 0.25) is 0 Å². The molecular weight excluding hydrogens is 434 g/mol. The highest BCUT2D eigenvalue weighted by Crippen LogP contribution is 2.44. The highest BCUT2D eigenvalue weighted by atomic mass is 15.6. The van der Waals surface area contributed by atoms with Crippen LogP contribution in [0.2, 0.25) is 0 Å². The van der Waals surface area contributed by atoms with Crippen molar-refractivity contribution in [1.82, 2.24) is 9.84 Å². The quantitative estimate of drug-likeness (QED) is 0.435. The summed E-state index contributed by atoms with van der Waals surface area (Å²) in [5.41, 5.74) is 10.5. The summed E-state index contributed by atoms with van der Waals surface area (Å²) in [7, 11) is 0. The Kier molecular flexibility index (Phi) is 5.76. The van der Waals surface area contributed by atoms with Crippen molar-refractivity contribution in [1.29, 1.82) is 0 Å². The van der Waals surface area contributed by atoms with E-state index in [0.717, 1.165) is 0 Å². The second kappa shape index (κ2) is 9.09. The second-order valence-corrected chi connectivity index (χ2v) is 10.6. The molecule has 0 N–H and O–H groups in total. The fourth-order valence-corrected chi connectivity index (χ4v) is 5.72. The molecule has 36 heavy (non-hydrogen) atoms. The van der Waals surface area contributed by atoms with Crippen molar-refractivity contribution in [3.8, 4) is 0 Å². The fraction of sp³-hybridized carbons (Fsp3) is 0.188. The summed E-state index contributed by atoms with van der Waals surface area (Å²) < 4.78 is 0. The first kappa shape index (κ1) is 22.8. The lowest BCUT2D eigenvalue weighted by atomic mass is 9.38. The van der Waals surface area contributed by atoms with Crippen LogP contribution in [0.3, 0.4) is 0 Å². The Morgan fingerprint density at radius 2 is 0.917 bits per heavy atom. The van der Waals surface area contributed by atoms with Gasteiger partial charge in [-0.2, -0.15) is 0 Å². The molecule has 2 aromatic rings. The van der Waals surface area contributed by atoms with Crippen LogP contribution in [0.25, 0.3) is 11.4 Å². The second-order valence-electron chi connectivity index (χ2n) is 10.6. The molecule has 0 radical (unpaired) electrons. The Hall–Kier alpha value is -3.65. The van der Waals surface area contributed by atoms with E-state index in [1.165, 1.54) is 44.6 Å². The Morgan fingerprint density at radius 1 is 0.528 bits per heavy atom. The van der Waals surface area contributed by atoms with Gasteiger partial charge in [0.25, 0.3) is 0 Å². The molecule has 0 aliphatic carbocycles. The van der Waals surface area contributed by atoms with E-state index in [2.05, 4.69) is 147 Å². The van der Waals surface area contributed by atoms with E-state index in [-0.39, 0.29) is 13.7 Å². The fourth-order valence-electron chi connectivity index (χ4n) is 5.72. The number of allylic oxidation sites excluding steroid dienone is 10. The third-order valence-corrected chi connectivity index (χ3v) is 7.71. The first-order chi connectivity index (χ1) is 17.5. The molecule has 6 rings (SSSR count). The van der Waals surface area contributed by atoms with Gasteiger partial charge in [-0.25, -0.2) is 0 Å². The molecule has 0 atom stereocenters. The van der Waals surface area contributed by atoms with Crippen LogP contribution in [-0.2, 0) is 0 Å². The lowest BCUT2D eigenvalue weighted by Crippen LogP contribution is -2.61. The molecule has 2 nitrogen and oxygen atoms in total. The maximum absolute atomic E-state index is 2.56. The minimum atomic E-state index is 0.135. The molecule has 0 spiro atoms. The van der Waals surface area contributed by atoms with Gasteiger partial charge in [-0.1, -0.05) is 147 Å². The average Bonchev–Trinajstić information content (AvgIpc) is 2.92. The lowest BCUT2D eigenvalue weighted by Gasteiger charge is -2.53. The zero-order valence-corrected chi connectivity index (χ0v) is 21.6. The Balaban J connectivity index is 1.62. The SMILES string of the molecule is CC(C)C1=CB2C(=C3C=CC(C(C)C)=CB3N3C(c4ccccc4)=CC=C(c4ccccc4)N23)C=C1. The summed E-state index contributed by atoms with van der Waals surface area (Å²) in [5, 5.41) is 0. The van der Waals surface area contributed by atoms with Gasteiger partial charge in [-0.05, 0) is 35.1 Å². The van der Waals surface area contributed by atoms with Crippen LogP contribution in [0.5, 0.6) is 0 Å². The van der Waals surface area contributed by atoms with Gasteiger partial charge in [0, 0.05) is 0 Å². The minimum Gasteiger partial charge on any atom is -0.329 e. The van der Waals surface area contributed by atoms with Crippen LogP contribution in [0, 0.1) is 11.8 Å². The summed E-state index contributed by atoms with van der Waals surface area (Å²) in [6, 6.07) is 21.7. The van der Waals surface area contributed by atoms with Gasteiger partial charge >= 0.3 is 13.7 Å². The molecule has 0 aromatic heterocycles. The molecule has 0 amide bonds. The van der Waals surface area contributed by atoms with E-state index in [9.17, 15) is 0 Å². The van der Waals surface area contributed by atoms with Crippen LogP contribution in [0.15, 0.2) is 131 Å². The normalized spacial score (nSPS) is 18.6. The van der Waals surface area contributed by atoms with Gasteiger partial charge in [0.1, 0.15) is 0 Å². The molecule has 4 heteroatoms. The first-order valence-corrected chi connectivity index (χ1v) is 13.2. The van der Waals surface area contributed by atoms with E-state index >= 15 is 0 Å². The van der Waals surface area contributed by atoms with Crippen molar-refractivity contribution in [2.45, 2.75) is 27.7 Å². The molecule has 2 aromatic carbocycles. The number of benzene rings is 2. The highest BCUT2D eigenvalue weighted by molar-refractivity contribution is 6.82. The Labute approximate surface area is 216 Å². The molecule has 0 saturated carbocycles. The molecule has 4 aliphatic rings. The van der Waals surface area contributed by atoms with Crippen molar-refractivity contribution in [2.24, 2.45) is 11.8 Å². The number of hydrazine groups is 1. The monoisotopic (exact) mass is 466 g/mol. The molecular formula is C32H32B2N2. The largest absolute Gasteiger partial charge is 0.337 e. The average molecular weight is 466 g/mol. The molecule has 176 valence electrons. The van der Waals surface area contributed by atoms with Gasteiger partial charge in [-0.15, -0.1) is 0 Å². The van der Waals surface area contributed by atoms with Crippen molar-refractivity contribution >= 4 is 25.1 Å². The van der Waals surface area contributed by atoms with E-state index in [4.69, 9.17) is 0 Å². The standard InChI is InChI=1S/C32H32B2N2/c1-23(2)27-15-17-29-30-18-16-28(24(3)4)22-34(30)36-32(26-13-9-6-10-14-26)20-19-31(35(36)33(29)21-27)25-11-7-5-8-12-25/h5-24H,1-4H3. The zero-order chi connectivity index (χ0) is 24.8. The predicted octanol–water partition coefficient (Wildman–Crippen LogP) is 7.36. The van der Waals surface area contributed by atoms with Gasteiger partial charge < -0.3 is 9.84 Å². The molecule has 0 unspecified atom stereocenters. The highest BCUT2D eigenvalue weighted by Gasteiger charge is 2.47. The van der Waals surface area contributed by atoms with Crippen molar-refractivity contribution < 1.29 is 0 Å². The number of rotatable bonds is 4. The Morgan fingerprint density at radius 3 is 1.28 bits per heavy atom. The van der Waals surface area contributed by atoms with Crippen LogP contribution in [-0.4, -0.2) is 23.5 Å². The predicted molar refractivity (Wildman–Crippen MR) is 155 cm³/mol. The number of fused-ring (bicyclic) bond motifs is 5. The van der Waals surface area contributed by atoms with Crippen molar-refractivity contribution in [3.05, 3.63) is 142 Å². The van der Waals surface area contributed by atoms with E-state index in [0.29, 0.717) is 11.8 Å². The van der Waals surface area contributed by atoms with Gasteiger partial charge in [0.05, 0.1) is 11.4 Å². The number of nitrogens with zero attached hydrogens (tertiary/aromatic N) is 2. The Bertz CT molecular complexity index is 1280. The molecule has 0 bridgehead atoms. The van der Waals surface area contributed by atoms with Gasteiger partial charge in [-0.3, -0.25) is 0 Å². The summed E-state index contributed by atoms with van der Waals surface area (Å²) in [5.74, 6) is 5.92. The third kappa shape index (κ3) is 3.76. The van der Waals surface area contributed by atoms with E-state index in [1.54, 1.807) is 0 Å². The van der Waals surface area contributed by atoms with Crippen LogP contribution in [0.4, 0.5) is 0 Å². The van der Waals surface area contributed by atoms with E-state index < -0.39 is 0 Å². The third-order valence-electron chi connectivity index (χ3n) is 7.71. The van der Waals surface area contributed by atoms with Crippen molar-refractivity contribution in [2.75, 3.05) is 0 Å². The van der Waals surface area contributed by atoms with Crippen LogP contribution < -0.4 is 0 Å². The summed E-state index contributed by atoms with van der Waals surface area (Å²) in [6.45, 7) is 9.42. The zero-order valence-electron chi connectivity index (χ0n) is 21.6. The van der Waals surface area contributed by atoms with Crippen LogP contribution >= 0.6 is 0 Å². The number of hydrogen-bond acceptors (Lipinski definition) is 2. The molecule has 4 aliphatic heterocycles. The maximum Gasteiger partial charge on any atom is 0.337 e. The van der Waals surface area contributed by atoms with Gasteiger partial charge in [0.15, 0.2) is 0 Å².